The van der Waals surface area contributed by atoms with E-state index >= 15 is 0 Å². The van der Waals surface area contributed by atoms with Crippen molar-refractivity contribution < 1.29 is 4.74 Å². The Morgan fingerprint density at radius 3 is 2.76 bits per heavy atom. The van der Waals surface area contributed by atoms with Gasteiger partial charge in [0.05, 0.1) is 6.54 Å². The Morgan fingerprint density at radius 2 is 2.12 bits per heavy atom. The number of anilines is 2. The normalized spacial score (nSPS) is 10.2. The largest absolute Gasteiger partial charge is 0.492 e. The van der Waals surface area contributed by atoms with E-state index in [4.69, 9.17) is 10.5 Å². The van der Waals surface area contributed by atoms with Gasteiger partial charge in [-0.05, 0) is 31.2 Å². The van der Waals surface area contributed by atoms with Crippen molar-refractivity contribution in [1.29, 1.82) is 0 Å². The Balaban J connectivity index is 1.71. The van der Waals surface area contributed by atoms with Crippen LogP contribution < -0.4 is 15.8 Å². The Kier molecular flexibility index (Phi) is 3.77. The Hall–Kier alpha value is -1.82. The summed E-state index contributed by atoms with van der Waals surface area (Å²) >= 11 is 1.35. The first-order valence-corrected chi connectivity index (χ1v) is 6.04. The molecule has 1 aromatic carbocycles. The second-order valence-corrected chi connectivity index (χ2v) is 4.24. The van der Waals surface area contributed by atoms with Gasteiger partial charge in [0.25, 0.3) is 0 Å². The van der Waals surface area contributed by atoms with Crippen molar-refractivity contribution in [1.82, 2.24) is 9.36 Å². The van der Waals surface area contributed by atoms with Crippen LogP contribution in [0.1, 0.15) is 5.82 Å². The molecule has 0 fully saturated rings. The zero-order valence-corrected chi connectivity index (χ0v) is 10.3. The van der Waals surface area contributed by atoms with Crippen molar-refractivity contribution in [3.8, 4) is 5.75 Å². The third-order valence-corrected chi connectivity index (χ3v) is 2.82. The predicted octanol–water partition coefficient (Wildman–Crippen LogP) is 1.92. The third-order valence-electron chi connectivity index (χ3n) is 2.05. The SMILES string of the molecule is Cc1nsc(NCCOc2ccc(N)cc2)n1. The topological polar surface area (TPSA) is 73.1 Å². The summed E-state index contributed by atoms with van der Waals surface area (Å²) < 4.78 is 9.60. The number of aryl methyl sites for hydroxylation is 1. The van der Waals surface area contributed by atoms with Crippen LogP contribution in [0.5, 0.6) is 5.75 Å². The molecule has 0 atom stereocenters. The molecule has 2 rings (SSSR count). The van der Waals surface area contributed by atoms with E-state index in [1.54, 1.807) is 0 Å². The molecule has 1 aromatic heterocycles. The fraction of sp³-hybridized carbons (Fsp3) is 0.273. The lowest BCUT2D eigenvalue weighted by Gasteiger charge is -2.06. The van der Waals surface area contributed by atoms with Crippen LogP contribution in [0.2, 0.25) is 0 Å². The lowest BCUT2D eigenvalue weighted by atomic mass is 10.3. The number of nitrogens with two attached hydrogens (primary N) is 1. The van der Waals surface area contributed by atoms with E-state index in [0.29, 0.717) is 13.2 Å². The standard InChI is InChI=1S/C11H14N4OS/c1-8-14-11(17-15-8)13-6-7-16-10-4-2-9(12)3-5-10/h2-5H,6-7,12H2,1H3,(H,13,14,15). The molecule has 0 aliphatic carbocycles. The molecule has 0 aliphatic heterocycles. The van der Waals surface area contributed by atoms with E-state index < -0.39 is 0 Å². The number of hydrogen-bond acceptors (Lipinski definition) is 6. The molecule has 6 heteroatoms. The van der Waals surface area contributed by atoms with Gasteiger partial charge in [-0.3, -0.25) is 0 Å². The van der Waals surface area contributed by atoms with E-state index in [0.717, 1.165) is 22.4 Å². The van der Waals surface area contributed by atoms with Gasteiger partial charge in [-0.15, -0.1) is 0 Å². The molecule has 0 unspecified atom stereocenters. The van der Waals surface area contributed by atoms with Crippen LogP contribution in [0.25, 0.3) is 0 Å². The van der Waals surface area contributed by atoms with Crippen molar-refractivity contribution in [3.05, 3.63) is 30.1 Å². The molecule has 0 saturated heterocycles. The van der Waals surface area contributed by atoms with Gasteiger partial charge in [0, 0.05) is 17.2 Å². The molecule has 90 valence electrons. The zero-order valence-electron chi connectivity index (χ0n) is 9.51. The number of rotatable bonds is 5. The van der Waals surface area contributed by atoms with Crippen LogP contribution in [0.4, 0.5) is 10.8 Å². The number of aromatic nitrogens is 2. The van der Waals surface area contributed by atoms with Crippen LogP contribution in [-0.2, 0) is 0 Å². The van der Waals surface area contributed by atoms with Crippen molar-refractivity contribution in [2.45, 2.75) is 6.92 Å². The number of ether oxygens (including phenoxy) is 1. The first-order valence-electron chi connectivity index (χ1n) is 5.26. The van der Waals surface area contributed by atoms with Crippen molar-refractivity contribution in [3.63, 3.8) is 0 Å². The van der Waals surface area contributed by atoms with Crippen molar-refractivity contribution >= 4 is 22.4 Å². The van der Waals surface area contributed by atoms with E-state index in [9.17, 15) is 0 Å². The van der Waals surface area contributed by atoms with Gasteiger partial charge in [-0.25, -0.2) is 4.98 Å². The Labute approximate surface area is 104 Å². The Bertz CT molecular complexity index is 469. The van der Waals surface area contributed by atoms with Crippen LogP contribution >= 0.6 is 11.5 Å². The van der Waals surface area contributed by atoms with Gasteiger partial charge in [0.2, 0.25) is 5.13 Å². The summed E-state index contributed by atoms with van der Waals surface area (Å²) in [4.78, 5) is 4.19. The molecular weight excluding hydrogens is 236 g/mol. The maximum atomic E-state index is 5.58. The highest BCUT2D eigenvalue weighted by molar-refractivity contribution is 7.09. The van der Waals surface area contributed by atoms with Gasteiger partial charge < -0.3 is 15.8 Å². The van der Waals surface area contributed by atoms with Crippen LogP contribution in [0.15, 0.2) is 24.3 Å². The molecule has 5 nitrogen and oxygen atoms in total. The highest BCUT2D eigenvalue weighted by Gasteiger charge is 1.98. The summed E-state index contributed by atoms with van der Waals surface area (Å²) in [5, 5.41) is 3.96. The highest BCUT2D eigenvalue weighted by Crippen LogP contribution is 2.13. The zero-order chi connectivity index (χ0) is 12.1. The number of nitrogens with zero attached hydrogens (tertiary/aromatic N) is 2. The number of nitrogen functional groups attached to an aromatic ring is 1. The predicted molar refractivity (Wildman–Crippen MR) is 69.5 cm³/mol. The second kappa shape index (κ2) is 5.49. The minimum Gasteiger partial charge on any atom is -0.492 e. The minimum absolute atomic E-state index is 0.572. The number of benzene rings is 1. The fourth-order valence-corrected chi connectivity index (χ4v) is 1.86. The molecule has 0 radical (unpaired) electrons. The summed E-state index contributed by atoms with van der Waals surface area (Å²) in [6.45, 7) is 3.13. The summed E-state index contributed by atoms with van der Waals surface area (Å²) in [5.74, 6) is 1.60. The van der Waals surface area contributed by atoms with Gasteiger partial charge in [-0.2, -0.15) is 4.37 Å². The number of hydrogen-bond donors (Lipinski definition) is 2. The first kappa shape index (κ1) is 11.7. The quantitative estimate of drug-likeness (QED) is 0.626. The van der Waals surface area contributed by atoms with E-state index in [-0.39, 0.29) is 0 Å². The smallest absolute Gasteiger partial charge is 0.202 e. The summed E-state index contributed by atoms with van der Waals surface area (Å²) in [6.07, 6.45) is 0. The van der Waals surface area contributed by atoms with Crippen LogP contribution in [0.3, 0.4) is 0 Å². The summed E-state index contributed by atoms with van der Waals surface area (Å²) in [6, 6.07) is 7.34. The summed E-state index contributed by atoms with van der Waals surface area (Å²) in [7, 11) is 0. The lowest BCUT2D eigenvalue weighted by molar-refractivity contribution is 0.333. The number of nitrogens with one attached hydrogen (secondary N) is 1. The highest BCUT2D eigenvalue weighted by atomic mass is 32.1. The Morgan fingerprint density at radius 1 is 1.35 bits per heavy atom. The van der Waals surface area contributed by atoms with E-state index in [2.05, 4.69) is 14.7 Å². The first-order chi connectivity index (χ1) is 8.24. The molecule has 1 heterocycles. The maximum absolute atomic E-state index is 5.58. The third kappa shape index (κ3) is 3.60. The average molecular weight is 250 g/mol. The van der Waals surface area contributed by atoms with Crippen LogP contribution in [0, 0.1) is 6.92 Å². The molecular formula is C11H14N4OS. The van der Waals surface area contributed by atoms with Crippen molar-refractivity contribution in [2.75, 3.05) is 24.2 Å². The molecule has 0 spiro atoms. The van der Waals surface area contributed by atoms with Gasteiger partial charge in [0.1, 0.15) is 18.2 Å². The van der Waals surface area contributed by atoms with E-state index in [1.165, 1.54) is 11.5 Å². The average Bonchev–Trinajstić information content (AvgIpc) is 2.73. The summed E-state index contributed by atoms with van der Waals surface area (Å²) in [5.41, 5.74) is 6.31. The lowest BCUT2D eigenvalue weighted by Crippen LogP contribution is -2.11. The molecule has 0 saturated carbocycles. The monoisotopic (exact) mass is 250 g/mol. The van der Waals surface area contributed by atoms with Gasteiger partial charge >= 0.3 is 0 Å². The molecule has 17 heavy (non-hydrogen) atoms. The van der Waals surface area contributed by atoms with Crippen molar-refractivity contribution in [2.24, 2.45) is 0 Å². The van der Waals surface area contributed by atoms with E-state index in [1.807, 2.05) is 31.2 Å². The minimum atomic E-state index is 0.572. The second-order valence-electron chi connectivity index (χ2n) is 3.49. The molecule has 3 N–H and O–H groups in total. The molecule has 0 amide bonds. The van der Waals surface area contributed by atoms with Gasteiger partial charge in [0.15, 0.2) is 0 Å². The maximum Gasteiger partial charge on any atom is 0.202 e. The molecule has 2 aromatic rings. The molecule has 0 aliphatic rings. The van der Waals surface area contributed by atoms with Crippen LogP contribution in [-0.4, -0.2) is 22.5 Å². The molecule has 0 bridgehead atoms. The fourth-order valence-electron chi connectivity index (χ4n) is 1.26. The van der Waals surface area contributed by atoms with Gasteiger partial charge in [-0.1, -0.05) is 0 Å².